The Morgan fingerprint density at radius 3 is 2.73 bits per heavy atom. The van der Waals surface area contributed by atoms with Gasteiger partial charge >= 0.3 is 0 Å². The van der Waals surface area contributed by atoms with Crippen LogP contribution in [0.1, 0.15) is 23.2 Å². The summed E-state index contributed by atoms with van der Waals surface area (Å²) >= 11 is 1.16. The minimum absolute atomic E-state index is 0.235. The number of nitrogens with zero attached hydrogens (tertiary/aromatic N) is 1. The van der Waals surface area contributed by atoms with Crippen LogP contribution in [0.15, 0.2) is 47.8 Å². The zero-order valence-corrected chi connectivity index (χ0v) is 16.5. The summed E-state index contributed by atoms with van der Waals surface area (Å²) in [5.74, 6) is -2.54. The number of aromatic nitrogens is 1. The molecule has 2 aromatic carbocycles. The fraction of sp³-hybridized carbons (Fsp3) is 0.190. The molecule has 2 amide bonds. The fourth-order valence-electron chi connectivity index (χ4n) is 3.03. The van der Waals surface area contributed by atoms with E-state index in [1.165, 1.54) is 6.07 Å². The molecule has 4 rings (SSSR count). The molecular formula is C21H17F2N3O3S. The number of carbonyl (C=O) groups is 2. The van der Waals surface area contributed by atoms with E-state index in [2.05, 4.69) is 15.6 Å². The highest BCUT2D eigenvalue weighted by Crippen LogP contribution is 2.26. The van der Waals surface area contributed by atoms with E-state index in [1.807, 2.05) is 0 Å². The van der Waals surface area contributed by atoms with Crippen molar-refractivity contribution in [1.82, 2.24) is 4.98 Å². The smallest absolute Gasteiger partial charge is 0.257 e. The lowest BCUT2D eigenvalue weighted by atomic mass is 10.1. The number of hydrogen-bond donors (Lipinski definition) is 2. The maximum absolute atomic E-state index is 13.4. The normalized spacial score (nSPS) is 15.7. The number of amides is 2. The summed E-state index contributed by atoms with van der Waals surface area (Å²) in [6, 6.07) is 10.0. The third-order valence-electron chi connectivity index (χ3n) is 4.55. The Hall–Kier alpha value is -3.17. The lowest BCUT2D eigenvalue weighted by Gasteiger charge is -2.11. The molecule has 30 heavy (non-hydrogen) atoms. The van der Waals surface area contributed by atoms with Crippen molar-refractivity contribution in [2.45, 2.75) is 18.9 Å². The van der Waals surface area contributed by atoms with E-state index in [1.54, 1.807) is 29.6 Å². The number of rotatable bonds is 5. The van der Waals surface area contributed by atoms with Crippen LogP contribution in [0.3, 0.4) is 0 Å². The molecule has 1 atom stereocenters. The van der Waals surface area contributed by atoms with Crippen LogP contribution in [0, 0.1) is 11.6 Å². The molecule has 1 saturated heterocycles. The summed E-state index contributed by atoms with van der Waals surface area (Å²) in [6.07, 6.45) is 1.06. The van der Waals surface area contributed by atoms with Gasteiger partial charge in [-0.3, -0.25) is 14.9 Å². The minimum atomic E-state index is -0.965. The first kappa shape index (κ1) is 20.1. The second kappa shape index (κ2) is 8.68. The maximum atomic E-state index is 13.4. The van der Waals surface area contributed by atoms with Crippen molar-refractivity contribution < 1.29 is 23.1 Å². The van der Waals surface area contributed by atoms with Crippen molar-refractivity contribution in [3.8, 4) is 11.3 Å². The molecule has 0 aliphatic carbocycles. The molecule has 6 nitrogen and oxygen atoms in total. The fourth-order valence-corrected chi connectivity index (χ4v) is 3.75. The third-order valence-corrected chi connectivity index (χ3v) is 5.31. The highest BCUT2D eigenvalue weighted by molar-refractivity contribution is 7.14. The van der Waals surface area contributed by atoms with Crippen LogP contribution in [-0.4, -0.2) is 29.5 Å². The maximum Gasteiger partial charge on any atom is 0.257 e. The van der Waals surface area contributed by atoms with Crippen LogP contribution in [0.25, 0.3) is 11.3 Å². The van der Waals surface area contributed by atoms with Gasteiger partial charge in [0.15, 0.2) is 16.8 Å². The number of hydrogen-bond acceptors (Lipinski definition) is 5. The predicted octanol–water partition coefficient (Wildman–Crippen LogP) is 4.46. The van der Waals surface area contributed by atoms with Crippen LogP contribution >= 0.6 is 11.3 Å². The van der Waals surface area contributed by atoms with Crippen LogP contribution < -0.4 is 10.6 Å². The highest BCUT2D eigenvalue weighted by atomic mass is 32.1. The van der Waals surface area contributed by atoms with E-state index in [0.29, 0.717) is 40.7 Å². The first-order valence-electron chi connectivity index (χ1n) is 9.24. The molecule has 9 heteroatoms. The van der Waals surface area contributed by atoms with E-state index in [9.17, 15) is 18.4 Å². The molecule has 1 aliphatic heterocycles. The van der Waals surface area contributed by atoms with Gasteiger partial charge in [-0.2, -0.15) is 0 Å². The largest absolute Gasteiger partial charge is 0.368 e. The summed E-state index contributed by atoms with van der Waals surface area (Å²) in [6.45, 7) is 0.570. The second-order valence-corrected chi connectivity index (χ2v) is 7.55. The van der Waals surface area contributed by atoms with E-state index < -0.39 is 23.6 Å². The summed E-state index contributed by atoms with van der Waals surface area (Å²) in [4.78, 5) is 29.0. The molecular weight excluding hydrogens is 412 g/mol. The van der Waals surface area contributed by atoms with Crippen LogP contribution in [0.5, 0.6) is 0 Å². The first-order valence-corrected chi connectivity index (χ1v) is 10.1. The minimum Gasteiger partial charge on any atom is -0.368 e. The van der Waals surface area contributed by atoms with Crippen molar-refractivity contribution in [1.29, 1.82) is 0 Å². The van der Waals surface area contributed by atoms with Gasteiger partial charge in [0, 0.05) is 28.8 Å². The van der Waals surface area contributed by atoms with E-state index in [4.69, 9.17) is 4.74 Å². The van der Waals surface area contributed by atoms with Crippen molar-refractivity contribution in [2.75, 3.05) is 17.2 Å². The molecule has 0 radical (unpaired) electrons. The van der Waals surface area contributed by atoms with Gasteiger partial charge in [0.1, 0.15) is 6.10 Å². The van der Waals surface area contributed by atoms with Crippen molar-refractivity contribution in [3.05, 3.63) is 65.0 Å². The van der Waals surface area contributed by atoms with Gasteiger partial charge in [-0.1, -0.05) is 6.07 Å². The Balaban J connectivity index is 1.43. The molecule has 0 bridgehead atoms. The highest BCUT2D eigenvalue weighted by Gasteiger charge is 2.23. The number of carbonyl (C=O) groups excluding carboxylic acids is 2. The summed E-state index contributed by atoms with van der Waals surface area (Å²) in [5.41, 5.74) is 1.66. The van der Waals surface area contributed by atoms with Gasteiger partial charge in [0.2, 0.25) is 0 Å². The number of nitrogens with one attached hydrogen (secondary N) is 2. The Labute approximate surface area is 174 Å². The average Bonchev–Trinajstić information content (AvgIpc) is 3.43. The molecule has 1 aliphatic rings. The topological polar surface area (TPSA) is 80.3 Å². The summed E-state index contributed by atoms with van der Waals surface area (Å²) in [7, 11) is 0. The van der Waals surface area contributed by atoms with Crippen molar-refractivity contribution >= 4 is 34.0 Å². The molecule has 3 aromatic rings. The van der Waals surface area contributed by atoms with E-state index in [0.717, 1.165) is 29.9 Å². The molecule has 0 spiro atoms. The number of anilines is 2. The van der Waals surface area contributed by atoms with Gasteiger partial charge in [0.05, 0.1) is 5.69 Å². The standard InChI is InChI=1S/C21H17F2N3O3S/c22-15-7-6-12(10-16(15)23)17-11-30-21(25-17)26-19(27)13-3-1-4-14(9-13)24-20(28)18-5-2-8-29-18/h1,3-4,6-7,9-11,18H,2,5,8H2,(H,24,28)(H,25,26,27). The number of thiazole rings is 1. The zero-order valence-electron chi connectivity index (χ0n) is 15.7. The first-order chi connectivity index (χ1) is 14.5. The van der Waals surface area contributed by atoms with Crippen molar-refractivity contribution in [2.24, 2.45) is 0 Å². The SMILES string of the molecule is O=C(Nc1nc(-c2ccc(F)c(F)c2)cs1)c1cccc(NC(=O)C2CCCO2)c1. The lowest BCUT2D eigenvalue weighted by molar-refractivity contribution is -0.124. The number of halogens is 2. The van der Waals surface area contributed by atoms with Crippen LogP contribution in [0.4, 0.5) is 19.6 Å². The molecule has 154 valence electrons. The van der Waals surface area contributed by atoms with Gasteiger partial charge in [-0.05, 0) is 49.2 Å². The quantitative estimate of drug-likeness (QED) is 0.628. The molecule has 1 unspecified atom stereocenters. The Bertz CT molecular complexity index is 1100. The number of ether oxygens (including phenoxy) is 1. The molecule has 1 fully saturated rings. The van der Waals surface area contributed by atoms with E-state index >= 15 is 0 Å². The van der Waals surface area contributed by atoms with Gasteiger partial charge in [-0.15, -0.1) is 11.3 Å². The van der Waals surface area contributed by atoms with Crippen LogP contribution in [-0.2, 0) is 9.53 Å². The monoisotopic (exact) mass is 429 g/mol. The lowest BCUT2D eigenvalue weighted by Crippen LogP contribution is -2.27. The zero-order chi connectivity index (χ0) is 21.1. The summed E-state index contributed by atoms with van der Waals surface area (Å²) in [5, 5.41) is 7.38. The Morgan fingerprint density at radius 2 is 1.97 bits per heavy atom. The summed E-state index contributed by atoms with van der Waals surface area (Å²) < 4.78 is 31.9. The van der Waals surface area contributed by atoms with Crippen molar-refractivity contribution in [3.63, 3.8) is 0 Å². The van der Waals surface area contributed by atoms with E-state index in [-0.39, 0.29) is 5.91 Å². The Morgan fingerprint density at radius 1 is 1.10 bits per heavy atom. The van der Waals surface area contributed by atoms with Gasteiger partial charge in [-0.25, -0.2) is 13.8 Å². The van der Waals surface area contributed by atoms with Gasteiger partial charge in [0.25, 0.3) is 11.8 Å². The molecule has 0 saturated carbocycles. The Kier molecular flexibility index (Phi) is 5.82. The third kappa shape index (κ3) is 4.52. The van der Waals surface area contributed by atoms with Crippen LogP contribution in [0.2, 0.25) is 0 Å². The second-order valence-electron chi connectivity index (χ2n) is 6.69. The molecule has 1 aromatic heterocycles. The predicted molar refractivity (Wildman–Crippen MR) is 109 cm³/mol. The molecule has 2 N–H and O–H groups in total. The molecule has 2 heterocycles. The van der Waals surface area contributed by atoms with Gasteiger partial charge < -0.3 is 10.1 Å². The average molecular weight is 429 g/mol. The number of benzene rings is 2.